The minimum absolute atomic E-state index is 0.0446. The summed E-state index contributed by atoms with van der Waals surface area (Å²) in [5.41, 5.74) is 3.88. The Labute approximate surface area is 194 Å². The van der Waals surface area contributed by atoms with E-state index in [2.05, 4.69) is 25.2 Å². The molecule has 0 aliphatic heterocycles. The SMILES string of the molecule is Cc1ccc(-n2nc(OC[C@@H](C)Cn3cc(Cl)c4cnc(Cl)nc43)c(N=O)c2C)c(C)n1. The minimum atomic E-state index is 0.0446. The maximum atomic E-state index is 11.5. The zero-order chi connectivity index (χ0) is 23.0. The first-order valence-corrected chi connectivity index (χ1v) is 10.7. The largest absolute Gasteiger partial charge is 0.475 e. The predicted octanol–water partition coefficient (Wildman–Crippen LogP) is 5.36. The van der Waals surface area contributed by atoms with Gasteiger partial charge in [0.05, 0.1) is 34.1 Å². The molecule has 32 heavy (non-hydrogen) atoms. The topological polar surface area (TPSA) is 100 Å². The number of rotatable bonds is 7. The second-order valence-corrected chi connectivity index (χ2v) is 8.47. The van der Waals surface area contributed by atoms with E-state index in [1.807, 2.05) is 37.5 Å². The Bertz CT molecular complexity index is 1320. The van der Waals surface area contributed by atoms with Crippen molar-refractivity contribution < 1.29 is 4.74 Å². The molecule has 4 aromatic rings. The van der Waals surface area contributed by atoms with Crippen LogP contribution in [-0.4, -0.2) is 35.9 Å². The Hall–Kier alpha value is -3.04. The number of nitroso groups, excluding NO2 is 1. The number of nitrogens with zero attached hydrogens (tertiary/aromatic N) is 7. The monoisotopic (exact) mass is 473 g/mol. The number of fused-ring (bicyclic) bond motifs is 1. The number of halogens is 2. The molecule has 9 nitrogen and oxygen atoms in total. The van der Waals surface area contributed by atoms with Crippen molar-refractivity contribution >= 4 is 39.9 Å². The average Bonchev–Trinajstić information content (AvgIpc) is 3.22. The van der Waals surface area contributed by atoms with Crippen molar-refractivity contribution in [2.24, 2.45) is 11.1 Å². The predicted molar refractivity (Wildman–Crippen MR) is 123 cm³/mol. The maximum Gasteiger partial charge on any atom is 0.263 e. The van der Waals surface area contributed by atoms with Gasteiger partial charge in [0.15, 0.2) is 5.69 Å². The molecule has 4 heterocycles. The Morgan fingerprint density at radius 1 is 1.19 bits per heavy atom. The van der Waals surface area contributed by atoms with Crippen LogP contribution in [0, 0.1) is 31.6 Å². The minimum Gasteiger partial charge on any atom is -0.475 e. The zero-order valence-corrected chi connectivity index (χ0v) is 19.5. The third-order valence-corrected chi connectivity index (χ3v) is 5.60. The van der Waals surface area contributed by atoms with E-state index in [1.165, 1.54) is 0 Å². The summed E-state index contributed by atoms with van der Waals surface area (Å²) in [6, 6.07) is 3.80. The molecule has 0 saturated carbocycles. The Morgan fingerprint density at radius 2 is 1.97 bits per heavy atom. The van der Waals surface area contributed by atoms with Crippen LogP contribution >= 0.6 is 23.2 Å². The lowest BCUT2D eigenvalue weighted by atomic mass is 10.2. The summed E-state index contributed by atoms with van der Waals surface area (Å²) in [4.78, 5) is 24.2. The van der Waals surface area contributed by atoms with Gasteiger partial charge in [-0.15, -0.1) is 10.0 Å². The van der Waals surface area contributed by atoms with Gasteiger partial charge in [0.1, 0.15) is 5.65 Å². The van der Waals surface area contributed by atoms with Crippen molar-refractivity contribution in [2.75, 3.05) is 6.61 Å². The second-order valence-electron chi connectivity index (χ2n) is 7.72. The molecular weight excluding hydrogens is 453 g/mol. The molecule has 0 radical (unpaired) electrons. The zero-order valence-electron chi connectivity index (χ0n) is 18.0. The summed E-state index contributed by atoms with van der Waals surface area (Å²) < 4.78 is 9.44. The molecule has 0 bridgehead atoms. The molecule has 0 aliphatic carbocycles. The van der Waals surface area contributed by atoms with Crippen LogP contribution < -0.4 is 4.74 Å². The fourth-order valence-corrected chi connectivity index (χ4v) is 3.94. The van der Waals surface area contributed by atoms with Gasteiger partial charge in [-0.3, -0.25) is 4.98 Å². The van der Waals surface area contributed by atoms with Gasteiger partial charge in [-0.1, -0.05) is 18.5 Å². The van der Waals surface area contributed by atoms with Crippen LogP contribution in [0.25, 0.3) is 16.7 Å². The van der Waals surface area contributed by atoms with E-state index < -0.39 is 0 Å². The molecule has 0 aromatic carbocycles. The smallest absolute Gasteiger partial charge is 0.263 e. The van der Waals surface area contributed by atoms with E-state index in [-0.39, 0.29) is 22.8 Å². The van der Waals surface area contributed by atoms with Crippen LogP contribution in [0.15, 0.2) is 29.7 Å². The third-order valence-electron chi connectivity index (χ3n) is 5.12. The van der Waals surface area contributed by atoms with Crippen molar-refractivity contribution in [3.05, 3.63) is 56.8 Å². The van der Waals surface area contributed by atoms with Gasteiger partial charge in [0.25, 0.3) is 5.88 Å². The molecule has 0 amide bonds. The lowest BCUT2D eigenvalue weighted by Crippen LogP contribution is -2.15. The first-order valence-electron chi connectivity index (χ1n) is 9.95. The standard InChI is InChI=1S/C21H21Cl2N7O2/c1-11(8-29-9-16(22)15-7-24-21(23)26-19(15)29)10-32-20-18(28-31)14(4)30(27-20)17-6-5-12(2)25-13(17)3/h5-7,9,11H,8,10H2,1-4H3/t11-/m0/s1. The summed E-state index contributed by atoms with van der Waals surface area (Å²) in [5, 5.41) is 9.06. The molecular formula is C21H21Cl2N7O2. The van der Waals surface area contributed by atoms with Crippen molar-refractivity contribution in [3.63, 3.8) is 0 Å². The lowest BCUT2D eigenvalue weighted by Gasteiger charge is -2.13. The first kappa shape index (κ1) is 22.2. The fourth-order valence-electron chi connectivity index (χ4n) is 3.56. The normalized spacial score (nSPS) is 12.3. The van der Waals surface area contributed by atoms with Crippen molar-refractivity contribution in [2.45, 2.75) is 34.2 Å². The van der Waals surface area contributed by atoms with Gasteiger partial charge in [0, 0.05) is 30.6 Å². The van der Waals surface area contributed by atoms with Crippen LogP contribution in [0.1, 0.15) is 24.0 Å². The molecule has 0 saturated heterocycles. The van der Waals surface area contributed by atoms with Crippen LogP contribution in [0.5, 0.6) is 5.88 Å². The molecule has 0 spiro atoms. The molecule has 4 rings (SSSR count). The van der Waals surface area contributed by atoms with Crippen LogP contribution in [0.2, 0.25) is 10.3 Å². The van der Waals surface area contributed by atoms with Crippen LogP contribution in [0.4, 0.5) is 5.69 Å². The highest BCUT2D eigenvalue weighted by Gasteiger charge is 2.21. The number of aryl methyl sites for hydroxylation is 2. The van der Waals surface area contributed by atoms with E-state index in [9.17, 15) is 4.91 Å². The quantitative estimate of drug-likeness (QED) is 0.264. The number of ether oxygens (including phenoxy) is 1. The third kappa shape index (κ3) is 4.18. The van der Waals surface area contributed by atoms with E-state index >= 15 is 0 Å². The first-order chi connectivity index (χ1) is 15.3. The van der Waals surface area contributed by atoms with E-state index in [4.69, 9.17) is 27.9 Å². The fraction of sp³-hybridized carbons (Fsp3) is 0.333. The molecule has 4 aromatic heterocycles. The Morgan fingerprint density at radius 3 is 2.69 bits per heavy atom. The number of hydrogen-bond acceptors (Lipinski definition) is 7. The molecule has 166 valence electrons. The van der Waals surface area contributed by atoms with Gasteiger partial charge in [0.2, 0.25) is 5.28 Å². The molecule has 0 fully saturated rings. The Balaban J connectivity index is 1.54. The second kappa shape index (κ2) is 8.84. The van der Waals surface area contributed by atoms with E-state index in [0.717, 1.165) is 22.5 Å². The molecule has 0 unspecified atom stereocenters. The summed E-state index contributed by atoms with van der Waals surface area (Å²) in [6.45, 7) is 8.47. The molecule has 1 atom stereocenters. The maximum absolute atomic E-state index is 11.5. The highest BCUT2D eigenvalue weighted by molar-refractivity contribution is 6.35. The Kier molecular flexibility index (Phi) is 6.12. The van der Waals surface area contributed by atoms with Crippen LogP contribution in [0.3, 0.4) is 0 Å². The van der Waals surface area contributed by atoms with Crippen molar-refractivity contribution in [1.29, 1.82) is 0 Å². The highest BCUT2D eigenvalue weighted by Crippen LogP contribution is 2.33. The average molecular weight is 474 g/mol. The summed E-state index contributed by atoms with van der Waals surface area (Å²) >= 11 is 12.2. The van der Waals surface area contributed by atoms with Crippen molar-refractivity contribution in [3.8, 4) is 11.6 Å². The summed E-state index contributed by atoms with van der Waals surface area (Å²) in [5.74, 6) is 0.230. The van der Waals surface area contributed by atoms with Gasteiger partial charge in [-0.2, -0.15) is 4.98 Å². The molecule has 0 aliphatic rings. The van der Waals surface area contributed by atoms with Gasteiger partial charge >= 0.3 is 0 Å². The van der Waals surface area contributed by atoms with E-state index in [1.54, 1.807) is 24.0 Å². The van der Waals surface area contributed by atoms with Gasteiger partial charge < -0.3 is 9.30 Å². The van der Waals surface area contributed by atoms with Crippen molar-refractivity contribution in [1.82, 2.24) is 29.3 Å². The number of aromatic nitrogens is 6. The summed E-state index contributed by atoms with van der Waals surface area (Å²) in [6.07, 6.45) is 3.39. The number of pyridine rings is 1. The number of hydrogen-bond donors (Lipinski definition) is 0. The van der Waals surface area contributed by atoms with Gasteiger partial charge in [-0.25, -0.2) is 9.67 Å². The van der Waals surface area contributed by atoms with E-state index in [0.29, 0.717) is 29.5 Å². The van der Waals surface area contributed by atoms with Crippen LogP contribution in [-0.2, 0) is 6.54 Å². The van der Waals surface area contributed by atoms with Gasteiger partial charge in [-0.05, 0) is 49.7 Å². The lowest BCUT2D eigenvalue weighted by molar-refractivity contribution is 0.237. The highest BCUT2D eigenvalue weighted by atomic mass is 35.5. The molecule has 0 N–H and O–H groups in total. The molecule has 11 heteroatoms. The summed E-state index contributed by atoms with van der Waals surface area (Å²) in [7, 11) is 0.